The summed E-state index contributed by atoms with van der Waals surface area (Å²) in [6.45, 7) is 2.94. The molecule has 7 nitrogen and oxygen atoms in total. The van der Waals surface area contributed by atoms with Crippen LogP contribution in [0.2, 0.25) is 0 Å². The topological polar surface area (TPSA) is 84.7 Å². The average Bonchev–Trinajstić information content (AvgIpc) is 3.15. The van der Waals surface area contributed by atoms with Crippen LogP contribution in [0.4, 0.5) is 5.82 Å². The maximum absolute atomic E-state index is 11.9. The molecule has 0 atom stereocenters. The van der Waals surface area contributed by atoms with Crippen LogP contribution in [0.3, 0.4) is 0 Å². The van der Waals surface area contributed by atoms with Crippen LogP contribution in [0.15, 0.2) is 60.9 Å². The van der Waals surface area contributed by atoms with Gasteiger partial charge in [-0.15, -0.1) is 5.10 Å². The predicted molar refractivity (Wildman–Crippen MR) is 101 cm³/mol. The Bertz CT molecular complexity index is 871. The summed E-state index contributed by atoms with van der Waals surface area (Å²) < 4.78 is 1.77. The van der Waals surface area contributed by atoms with E-state index in [0.717, 1.165) is 16.9 Å². The Hall–Kier alpha value is -3.48. The molecule has 0 unspecified atom stereocenters. The lowest BCUT2D eigenvalue weighted by molar-refractivity contribution is -0.116. The lowest BCUT2D eigenvalue weighted by atomic mass is 10.3. The van der Waals surface area contributed by atoms with Gasteiger partial charge in [-0.1, -0.05) is 18.2 Å². The molecule has 2 aromatic heterocycles. The molecule has 0 fully saturated rings. The highest BCUT2D eigenvalue weighted by Crippen LogP contribution is 2.08. The summed E-state index contributed by atoms with van der Waals surface area (Å²) in [4.78, 5) is 11.9. The lowest BCUT2D eigenvalue weighted by Gasteiger charge is -2.05. The molecule has 3 aromatic rings. The van der Waals surface area contributed by atoms with E-state index < -0.39 is 0 Å². The standard InChI is InChI=1S/C19H20N6O/c1-15-7-9-18(24-23-15)20-11-12-21-19(26)10-8-16-13-22-25(14-16)17-5-3-2-4-6-17/h2-10,13-14H,11-12H2,1H3,(H,20,24)(H,21,26)/b10-8+. The van der Waals surface area contributed by atoms with Crippen LogP contribution in [-0.2, 0) is 4.79 Å². The highest BCUT2D eigenvalue weighted by Gasteiger charge is 2.00. The van der Waals surface area contributed by atoms with Gasteiger partial charge in [-0.05, 0) is 37.3 Å². The van der Waals surface area contributed by atoms with Gasteiger partial charge in [-0.2, -0.15) is 10.2 Å². The van der Waals surface area contributed by atoms with Crippen molar-refractivity contribution in [2.24, 2.45) is 0 Å². The highest BCUT2D eigenvalue weighted by atomic mass is 16.1. The van der Waals surface area contributed by atoms with Gasteiger partial charge in [0.15, 0.2) is 0 Å². The molecular weight excluding hydrogens is 328 g/mol. The molecule has 2 heterocycles. The molecule has 26 heavy (non-hydrogen) atoms. The number of aryl methyl sites for hydroxylation is 1. The van der Waals surface area contributed by atoms with E-state index in [4.69, 9.17) is 0 Å². The fourth-order valence-electron chi connectivity index (χ4n) is 2.25. The molecule has 7 heteroatoms. The Labute approximate surface area is 151 Å². The summed E-state index contributed by atoms with van der Waals surface area (Å²) >= 11 is 0. The Morgan fingerprint density at radius 3 is 2.73 bits per heavy atom. The van der Waals surface area contributed by atoms with Crippen LogP contribution in [0.25, 0.3) is 11.8 Å². The van der Waals surface area contributed by atoms with E-state index in [1.807, 2.05) is 55.6 Å². The van der Waals surface area contributed by atoms with Gasteiger partial charge in [-0.3, -0.25) is 4.79 Å². The molecule has 0 saturated heterocycles. The molecule has 0 aliphatic rings. The first-order valence-corrected chi connectivity index (χ1v) is 8.31. The molecule has 0 spiro atoms. The first-order valence-electron chi connectivity index (χ1n) is 8.31. The van der Waals surface area contributed by atoms with Crippen molar-refractivity contribution in [3.8, 4) is 5.69 Å². The number of para-hydroxylation sites is 1. The van der Waals surface area contributed by atoms with E-state index in [-0.39, 0.29) is 5.91 Å². The molecule has 3 rings (SSSR count). The molecule has 0 aliphatic carbocycles. The summed E-state index contributed by atoms with van der Waals surface area (Å²) in [5.41, 5.74) is 2.70. The maximum atomic E-state index is 11.9. The average molecular weight is 348 g/mol. The predicted octanol–water partition coefficient (Wildman–Crippen LogP) is 2.21. The van der Waals surface area contributed by atoms with Gasteiger partial charge in [0, 0.05) is 30.9 Å². The maximum Gasteiger partial charge on any atom is 0.244 e. The van der Waals surface area contributed by atoms with Crippen LogP contribution in [0, 0.1) is 6.92 Å². The Morgan fingerprint density at radius 2 is 1.96 bits per heavy atom. The van der Waals surface area contributed by atoms with E-state index in [9.17, 15) is 4.79 Å². The fraction of sp³-hybridized carbons (Fsp3) is 0.158. The molecule has 0 aliphatic heterocycles. The zero-order valence-corrected chi connectivity index (χ0v) is 14.5. The first-order chi connectivity index (χ1) is 12.7. The van der Waals surface area contributed by atoms with E-state index in [2.05, 4.69) is 25.9 Å². The number of benzene rings is 1. The number of carbonyl (C=O) groups is 1. The summed E-state index contributed by atoms with van der Waals surface area (Å²) in [5, 5.41) is 18.2. The van der Waals surface area contributed by atoms with E-state index >= 15 is 0 Å². The molecule has 0 saturated carbocycles. The van der Waals surface area contributed by atoms with Crippen molar-refractivity contribution < 1.29 is 4.79 Å². The van der Waals surface area contributed by atoms with Crippen molar-refractivity contribution >= 4 is 17.8 Å². The van der Waals surface area contributed by atoms with Crippen molar-refractivity contribution in [2.45, 2.75) is 6.92 Å². The van der Waals surface area contributed by atoms with Crippen molar-refractivity contribution in [3.05, 3.63) is 72.2 Å². The fourth-order valence-corrected chi connectivity index (χ4v) is 2.25. The largest absolute Gasteiger partial charge is 0.367 e. The van der Waals surface area contributed by atoms with Gasteiger partial charge < -0.3 is 10.6 Å². The Balaban J connectivity index is 1.43. The normalized spacial score (nSPS) is 10.8. The van der Waals surface area contributed by atoms with E-state index in [0.29, 0.717) is 18.9 Å². The molecule has 0 bridgehead atoms. The molecule has 1 amide bonds. The van der Waals surface area contributed by atoms with Crippen LogP contribution >= 0.6 is 0 Å². The third-order valence-electron chi connectivity index (χ3n) is 3.58. The van der Waals surface area contributed by atoms with Crippen molar-refractivity contribution in [2.75, 3.05) is 18.4 Å². The second kappa shape index (κ2) is 8.57. The molecule has 2 N–H and O–H groups in total. The zero-order valence-electron chi connectivity index (χ0n) is 14.5. The van der Waals surface area contributed by atoms with Crippen molar-refractivity contribution in [1.82, 2.24) is 25.3 Å². The number of rotatable bonds is 7. The van der Waals surface area contributed by atoms with Gasteiger partial charge in [-0.25, -0.2) is 4.68 Å². The minimum absolute atomic E-state index is 0.158. The summed E-state index contributed by atoms with van der Waals surface area (Å²) in [6, 6.07) is 13.5. The SMILES string of the molecule is Cc1ccc(NCCNC(=O)/C=C/c2cnn(-c3ccccc3)c2)nn1. The van der Waals surface area contributed by atoms with E-state index in [1.54, 1.807) is 17.0 Å². The number of anilines is 1. The third-order valence-corrected chi connectivity index (χ3v) is 3.58. The van der Waals surface area contributed by atoms with Crippen LogP contribution in [-0.4, -0.2) is 39.0 Å². The van der Waals surface area contributed by atoms with Gasteiger partial charge in [0.1, 0.15) is 5.82 Å². The van der Waals surface area contributed by atoms with Gasteiger partial charge >= 0.3 is 0 Å². The highest BCUT2D eigenvalue weighted by molar-refractivity contribution is 5.91. The van der Waals surface area contributed by atoms with Crippen LogP contribution in [0.1, 0.15) is 11.3 Å². The number of hydrogen-bond acceptors (Lipinski definition) is 5. The molecular formula is C19H20N6O. The number of amides is 1. The number of carbonyl (C=O) groups excluding carboxylic acids is 1. The number of nitrogens with zero attached hydrogens (tertiary/aromatic N) is 4. The smallest absolute Gasteiger partial charge is 0.244 e. The van der Waals surface area contributed by atoms with Crippen molar-refractivity contribution in [1.29, 1.82) is 0 Å². The van der Waals surface area contributed by atoms with Gasteiger partial charge in [0.2, 0.25) is 5.91 Å². The molecule has 0 radical (unpaired) electrons. The summed E-state index contributed by atoms with van der Waals surface area (Å²) in [5.74, 6) is 0.531. The van der Waals surface area contributed by atoms with E-state index in [1.165, 1.54) is 6.08 Å². The van der Waals surface area contributed by atoms with Gasteiger partial charge in [0.05, 0.1) is 17.6 Å². The second-order valence-electron chi connectivity index (χ2n) is 5.66. The van der Waals surface area contributed by atoms with Crippen LogP contribution < -0.4 is 10.6 Å². The van der Waals surface area contributed by atoms with Crippen LogP contribution in [0.5, 0.6) is 0 Å². The Morgan fingerprint density at radius 1 is 1.12 bits per heavy atom. The minimum atomic E-state index is -0.158. The quantitative estimate of drug-likeness (QED) is 0.505. The van der Waals surface area contributed by atoms with Gasteiger partial charge in [0.25, 0.3) is 0 Å². The molecule has 132 valence electrons. The monoisotopic (exact) mass is 348 g/mol. The number of nitrogens with one attached hydrogen (secondary N) is 2. The second-order valence-corrected chi connectivity index (χ2v) is 5.66. The third kappa shape index (κ3) is 5.01. The Kier molecular flexibility index (Phi) is 5.72. The molecule has 1 aromatic carbocycles. The summed E-state index contributed by atoms with van der Waals surface area (Å²) in [7, 11) is 0. The number of hydrogen-bond donors (Lipinski definition) is 2. The first kappa shape index (κ1) is 17.3. The zero-order chi connectivity index (χ0) is 18.2. The summed E-state index contributed by atoms with van der Waals surface area (Å²) in [6.07, 6.45) is 6.82. The number of aromatic nitrogens is 4. The van der Waals surface area contributed by atoms with Crippen molar-refractivity contribution in [3.63, 3.8) is 0 Å². The minimum Gasteiger partial charge on any atom is -0.367 e. The lowest BCUT2D eigenvalue weighted by Crippen LogP contribution is -2.27.